The van der Waals surface area contributed by atoms with E-state index in [1.165, 1.54) is 12.1 Å². The summed E-state index contributed by atoms with van der Waals surface area (Å²) in [6.07, 6.45) is 8.29. The van der Waals surface area contributed by atoms with Gasteiger partial charge in [-0.25, -0.2) is 4.79 Å². The Kier molecular flexibility index (Phi) is 5.44. The van der Waals surface area contributed by atoms with E-state index in [0.717, 1.165) is 5.56 Å². The molecule has 1 aromatic heterocycles. The molecular weight excluding hydrogens is 364 g/mol. The first kappa shape index (κ1) is 18.5. The van der Waals surface area contributed by atoms with Crippen LogP contribution >= 0.6 is 11.6 Å². The van der Waals surface area contributed by atoms with Crippen LogP contribution in [-0.2, 0) is 0 Å². The zero-order valence-electron chi connectivity index (χ0n) is 14.5. The maximum atomic E-state index is 12.9. The number of ether oxygens (including phenoxy) is 1. The number of carbonyl (C=O) groups is 1. The van der Waals surface area contributed by atoms with Crippen LogP contribution < -0.4 is 10.4 Å². The van der Waals surface area contributed by atoms with E-state index in [4.69, 9.17) is 27.2 Å². The molecule has 0 saturated carbocycles. The van der Waals surface area contributed by atoms with Gasteiger partial charge in [0, 0.05) is 16.5 Å². The van der Waals surface area contributed by atoms with Crippen molar-refractivity contribution in [3.63, 3.8) is 0 Å². The summed E-state index contributed by atoms with van der Waals surface area (Å²) in [5, 5.41) is 1.26. The summed E-state index contributed by atoms with van der Waals surface area (Å²) in [6, 6.07) is 11.8. The van der Waals surface area contributed by atoms with Crippen molar-refractivity contribution in [2.45, 2.75) is 6.92 Å². The lowest BCUT2D eigenvalue weighted by molar-refractivity contribution is 0.104. The molecule has 5 heteroatoms. The van der Waals surface area contributed by atoms with Crippen molar-refractivity contribution in [1.29, 1.82) is 0 Å². The molecule has 0 aliphatic heterocycles. The number of fused-ring (bicyclic) bond motifs is 1. The van der Waals surface area contributed by atoms with Gasteiger partial charge in [0.05, 0.1) is 0 Å². The van der Waals surface area contributed by atoms with Crippen LogP contribution in [0.25, 0.3) is 17.0 Å². The highest BCUT2D eigenvalue weighted by Gasteiger charge is 2.18. The molecule has 4 nitrogen and oxygen atoms in total. The molecule has 0 amide bonds. The molecule has 27 heavy (non-hydrogen) atoms. The predicted octanol–water partition coefficient (Wildman–Crippen LogP) is 4.66. The van der Waals surface area contributed by atoms with E-state index in [2.05, 4.69) is 5.92 Å². The lowest BCUT2D eigenvalue weighted by Gasteiger charge is -2.11. The third-order valence-electron chi connectivity index (χ3n) is 3.94. The minimum absolute atomic E-state index is 0.0112. The molecule has 2 aromatic carbocycles. The van der Waals surface area contributed by atoms with Crippen molar-refractivity contribution in [3.05, 3.63) is 80.7 Å². The zero-order chi connectivity index (χ0) is 19.4. The molecule has 0 spiro atoms. The molecule has 0 bridgehead atoms. The first-order chi connectivity index (χ1) is 13.0. The second kappa shape index (κ2) is 7.94. The largest absolute Gasteiger partial charge is 0.480 e. The molecule has 0 unspecified atom stereocenters. The highest BCUT2D eigenvalue weighted by Crippen LogP contribution is 2.30. The maximum absolute atomic E-state index is 12.9. The van der Waals surface area contributed by atoms with Gasteiger partial charge < -0.3 is 9.15 Å². The van der Waals surface area contributed by atoms with E-state index >= 15 is 0 Å². The fraction of sp³-hybridized carbons (Fsp3) is 0.0909. The van der Waals surface area contributed by atoms with Crippen molar-refractivity contribution in [1.82, 2.24) is 0 Å². The number of rotatable bonds is 5. The zero-order valence-corrected chi connectivity index (χ0v) is 15.2. The first-order valence-corrected chi connectivity index (χ1v) is 8.49. The van der Waals surface area contributed by atoms with Crippen LogP contribution in [0.15, 0.2) is 57.8 Å². The molecule has 0 fully saturated rings. The number of halogens is 1. The van der Waals surface area contributed by atoms with Crippen molar-refractivity contribution in [2.75, 3.05) is 6.61 Å². The summed E-state index contributed by atoms with van der Waals surface area (Å²) in [5.74, 6) is 2.26. The van der Waals surface area contributed by atoms with Gasteiger partial charge in [0.2, 0.25) is 0 Å². The standard InChI is InChI=1S/C22H15ClO4/c1-3-12-26-19-11-9-17-14(2)13-20(25)27-22(17)21(19)18(24)10-6-15-4-7-16(23)8-5-15/h1,4-11,13H,12H2,2H3/b10-6+. The minimum Gasteiger partial charge on any atom is -0.480 e. The summed E-state index contributed by atoms with van der Waals surface area (Å²) < 4.78 is 10.8. The maximum Gasteiger partial charge on any atom is 0.336 e. The molecule has 3 rings (SSSR count). The fourth-order valence-corrected chi connectivity index (χ4v) is 2.79. The summed E-state index contributed by atoms with van der Waals surface area (Å²) in [4.78, 5) is 24.7. The number of aryl methyl sites for hydroxylation is 1. The Labute approximate surface area is 161 Å². The number of ketones is 1. The van der Waals surface area contributed by atoms with E-state index in [1.54, 1.807) is 49.4 Å². The highest BCUT2D eigenvalue weighted by molar-refractivity contribution is 6.30. The lowest BCUT2D eigenvalue weighted by Crippen LogP contribution is -2.06. The molecule has 0 aliphatic rings. The van der Waals surface area contributed by atoms with Crippen LogP contribution in [0.3, 0.4) is 0 Å². The van der Waals surface area contributed by atoms with Crippen LogP contribution in [0.4, 0.5) is 0 Å². The van der Waals surface area contributed by atoms with Gasteiger partial charge in [-0.05, 0) is 48.4 Å². The molecule has 0 saturated heterocycles. The Hall–Kier alpha value is -3.29. The van der Waals surface area contributed by atoms with Crippen LogP contribution in [0.2, 0.25) is 5.02 Å². The Balaban J connectivity index is 2.11. The Morgan fingerprint density at radius 3 is 2.70 bits per heavy atom. The molecular formula is C22H15ClO4. The molecule has 3 aromatic rings. The SMILES string of the molecule is C#CCOc1ccc2c(C)cc(=O)oc2c1C(=O)/C=C/c1ccc(Cl)cc1. The number of hydrogen-bond donors (Lipinski definition) is 0. The molecule has 0 aliphatic carbocycles. The summed E-state index contributed by atoms with van der Waals surface area (Å²) >= 11 is 5.87. The molecule has 0 radical (unpaired) electrons. The molecule has 0 atom stereocenters. The number of allylic oxidation sites excluding steroid dienone is 1. The van der Waals surface area contributed by atoms with Crippen molar-refractivity contribution < 1.29 is 13.9 Å². The smallest absolute Gasteiger partial charge is 0.336 e. The van der Waals surface area contributed by atoms with Crippen LogP contribution in [0.1, 0.15) is 21.5 Å². The van der Waals surface area contributed by atoms with E-state index in [9.17, 15) is 9.59 Å². The lowest BCUT2D eigenvalue weighted by atomic mass is 10.0. The van der Waals surface area contributed by atoms with E-state index < -0.39 is 5.63 Å². The number of hydrogen-bond acceptors (Lipinski definition) is 4. The van der Waals surface area contributed by atoms with Gasteiger partial charge in [-0.3, -0.25) is 4.79 Å². The minimum atomic E-state index is -0.537. The average molecular weight is 379 g/mol. The van der Waals surface area contributed by atoms with Gasteiger partial charge in [-0.2, -0.15) is 0 Å². The van der Waals surface area contributed by atoms with Crippen molar-refractivity contribution >= 4 is 34.4 Å². The summed E-state index contributed by atoms with van der Waals surface area (Å²) in [6.45, 7) is 1.77. The molecule has 1 heterocycles. The van der Waals surface area contributed by atoms with E-state index in [0.29, 0.717) is 16.0 Å². The van der Waals surface area contributed by atoms with Gasteiger partial charge >= 0.3 is 5.63 Å². The average Bonchev–Trinajstić information content (AvgIpc) is 2.65. The Morgan fingerprint density at radius 2 is 2.00 bits per heavy atom. The number of terminal acetylenes is 1. The normalized spacial score (nSPS) is 10.9. The summed E-state index contributed by atoms with van der Waals surface area (Å²) in [5.41, 5.74) is 1.32. The topological polar surface area (TPSA) is 56.5 Å². The number of benzene rings is 2. The van der Waals surface area contributed by atoms with Gasteiger partial charge in [0.25, 0.3) is 0 Å². The van der Waals surface area contributed by atoms with Crippen LogP contribution in [0, 0.1) is 19.3 Å². The number of carbonyl (C=O) groups excluding carboxylic acids is 1. The molecule has 134 valence electrons. The van der Waals surface area contributed by atoms with Gasteiger partial charge in [0.15, 0.2) is 11.4 Å². The van der Waals surface area contributed by atoms with Crippen LogP contribution in [-0.4, -0.2) is 12.4 Å². The Bertz CT molecular complexity index is 1130. The van der Waals surface area contributed by atoms with E-state index in [-0.39, 0.29) is 29.3 Å². The van der Waals surface area contributed by atoms with Crippen molar-refractivity contribution in [3.8, 4) is 18.1 Å². The Morgan fingerprint density at radius 1 is 1.26 bits per heavy atom. The predicted molar refractivity (Wildman–Crippen MR) is 106 cm³/mol. The third kappa shape index (κ3) is 4.11. The first-order valence-electron chi connectivity index (χ1n) is 8.11. The fourth-order valence-electron chi connectivity index (χ4n) is 2.67. The van der Waals surface area contributed by atoms with E-state index in [1.807, 2.05) is 0 Å². The quantitative estimate of drug-likeness (QED) is 0.280. The second-order valence-electron chi connectivity index (χ2n) is 5.81. The molecule has 0 N–H and O–H groups in total. The third-order valence-corrected chi connectivity index (χ3v) is 4.19. The monoisotopic (exact) mass is 378 g/mol. The van der Waals surface area contributed by atoms with Gasteiger partial charge in [0.1, 0.15) is 17.9 Å². The summed E-state index contributed by atoms with van der Waals surface area (Å²) in [7, 11) is 0. The van der Waals surface area contributed by atoms with Crippen LogP contribution in [0.5, 0.6) is 5.75 Å². The van der Waals surface area contributed by atoms with Gasteiger partial charge in [-0.15, -0.1) is 6.42 Å². The highest BCUT2D eigenvalue weighted by atomic mass is 35.5. The second-order valence-corrected chi connectivity index (χ2v) is 6.24. The van der Waals surface area contributed by atoms with Crippen molar-refractivity contribution in [2.24, 2.45) is 0 Å². The van der Waals surface area contributed by atoms with Gasteiger partial charge in [-0.1, -0.05) is 35.7 Å².